The number of benzene rings is 1. The van der Waals surface area contributed by atoms with Gasteiger partial charge in [-0.15, -0.1) is 0 Å². The number of primary amides is 1. The van der Waals surface area contributed by atoms with Gasteiger partial charge in [-0.25, -0.2) is 9.97 Å². The fourth-order valence-electron chi connectivity index (χ4n) is 6.28. The first kappa shape index (κ1) is 23.9. The van der Waals surface area contributed by atoms with Crippen molar-refractivity contribution in [3.63, 3.8) is 0 Å². The highest BCUT2D eigenvalue weighted by Crippen LogP contribution is 2.44. The van der Waals surface area contributed by atoms with Crippen molar-refractivity contribution in [2.75, 3.05) is 5.73 Å². The van der Waals surface area contributed by atoms with Crippen LogP contribution in [0.3, 0.4) is 0 Å². The van der Waals surface area contributed by atoms with E-state index in [2.05, 4.69) is 25.3 Å². The molecule has 6 heterocycles. The van der Waals surface area contributed by atoms with E-state index in [9.17, 15) is 9.59 Å². The maximum absolute atomic E-state index is 13.1. The summed E-state index contributed by atoms with van der Waals surface area (Å²) in [5.41, 5.74) is 17.0. The van der Waals surface area contributed by atoms with Crippen LogP contribution in [0, 0.1) is 0 Å². The number of amides is 2. The quantitative estimate of drug-likeness (QED) is 0.308. The normalized spacial score (nSPS) is 20.2. The van der Waals surface area contributed by atoms with E-state index in [1.165, 1.54) is 10.8 Å². The zero-order valence-electron chi connectivity index (χ0n) is 21.4. The molecule has 0 spiro atoms. The van der Waals surface area contributed by atoms with Crippen LogP contribution < -0.4 is 11.5 Å². The van der Waals surface area contributed by atoms with Crippen molar-refractivity contribution in [2.45, 2.75) is 43.7 Å². The minimum absolute atomic E-state index is 0.0135. The van der Waals surface area contributed by atoms with Crippen molar-refractivity contribution in [3.05, 3.63) is 78.3 Å². The lowest BCUT2D eigenvalue weighted by Crippen LogP contribution is -2.46. The van der Waals surface area contributed by atoms with Crippen LogP contribution in [0.25, 0.3) is 28.0 Å². The van der Waals surface area contributed by atoms with Gasteiger partial charge in [-0.3, -0.25) is 19.7 Å². The number of carbonyl (C=O) groups is 2. The number of aromatic nitrogens is 7. The number of pyridine rings is 1. The van der Waals surface area contributed by atoms with Gasteiger partial charge in [-0.05, 0) is 31.7 Å². The number of nitrogen functional groups attached to an aromatic ring is 1. The summed E-state index contributed by atoms with van der Waals surface area (Å²) >= 11 is 0. The molecule has 12 nitrogen and oxygen atoms in total. The van der Waals surface area contributed by atoms with Crippen LogP contribution in [0.5, 0.6) is 0 Å². The van der Waals surface area contributed by atoms with E-state index in [0.29, 0.717) is 24.2 Å². The number of piperidine rings is 1. The Morgan fingerprint density at radius 1 is 0.950 bits per heavy atom. The van der Waals surface area contributed by atoms with E-state index in [4.69, 9.17) is 16.5 Å². The van der Waals surface area contributed by atoms with Crippen LogP contribution in [0.2, 0.25) is 0 Å². The number of nitrogens with one attached hydrogen (secondary N) is 1. The molecular formula is C28H26N10O2. The van der Waals surface area contributed by atoms with Crippen LogP contribution in [-0.2, 0) is 0 Å². The van der Waals surface area contributed by atoms with Crippen molar-refractivity contribution < 1.29 is 9.59 Å². The molecule has 200 valence electrons. The second-order valence-electron chi connectivity index (χ2n) is 10.3. The summed E-state index contributed by atoms with van der Waals surface area (Å²) in [4.78, 5) is 41.3. The van der Waals surface area contributed by atoms with Crippen LogP contribution in [0.15, 0.2) is 61.2 Å². The van der Waals surface area contributed by atoms with E-state index in [0.717, 1.165) is 35.2 Å². The lowest BCUT2D eigenvalue weighted by molar-refractivity contribution is 0.0556. The van der Waals surface area contributed by atoms with Gasteiger partial charge >= 0.3 is 0 Å². The number of hydrogen-bond acceptors (Lipinski definition) is 8. The van der Waals surface area contributed by atoms with Crippen molar-refractivity contribution >= 4 is 23.3 Å². The Morgan fingerprint density at radius 3 is 2.38 bits per heavy atom. The number of rotatable bonds is 5. The van der Waals surface area contributed by atoms with Gasteiger partial charge in [-0.1, -0.05) is 36.4 Å². The predicted octanol–water partition coefficient (Wildman–Crippen LogP) is 2.81. The van der Waals surface area contributed by atoms with Crippen molar-refractivity contribution in [2.24, 2.45) is 5.73 Å². The standard InChI is InChI=1S/C28H26N10O2/c29-24-22(25(30)39)23(17-10-18-7-8-19(11-17)37(18)28(40)26-32-14-33-36-26)35-27-20(13-34-38(24)27)16-6-9-21(31-12-16)15-4-2-1-3-5-15/h1-6,9,12-14,17-19H,7-8,10-11,29H2,(H2,30,39)(H,32,33,36)/t17?,18-,19?/m0/s1. The summed E-state index contributed by atoms with van der Waals surface area (Å²) in [6.07, 6.45) is 7.79. The zero-order valence-corrected chi connectivity index (χ0v) is 21.4. The maximum atomic E-state index is 13.1. The zero-order chi connectivity index (χ0) is 27.4. The number of nitrogens with two attached hydrogens (primary N) is 2. The summed E-state index contributed by atoms with van der Waals surface area (Å²) in [6.45, 7) is 0. The molecule has 3 atom stereocenters. The van der Waals surface area contributed by atoms with Gasteiger partial charge in [0.25, 0.3) is 11.8 Å². The lowest BCUT2D eigenvalue weighted by atomic mass is 9.85. The van der Waals surface area contributed by atoms with Crippen molar-refractivity contribution in [1.82, 2.24) is 39.7 Å². The first-order valence-corrected chi connectivity index (χ1v) is 13.2. The van der Waals surface area contributed by atoms with E-state index in [-0.39, 0.29) is 41.1 Å². The molecule has 5 N–H and O–H groups in total. The summed E-state index contributed by atoms with van der Waals surface area (Å²) in [5, 5.41) is 10.9. The molecule has 2 aliphatic rings. The Labute approximate surface area is 228 Å². The highest BCUT2D eigenvalue weighted by atomic mass is 16.2. The van der Waals surface area contributed by atoms with Gasteiger partial charge in [0.2, 0.25) is 5.82 Å². The van der Waals surface area contributed by atoms with Gasteiger partial charge in [0, 0.05) is 40.9 Å². The minimum atomic E-state index is -0.652. The molecule has 2 bridgehead atoms. The average molecular weight is 535 g/mol. The second kappa shape index (κ2) is 9.26. The summed E-state index contributed by atoms with van der Waals surface area (Å²) in [6, 6.07) is 13.8. The van der Waals surface area contributed by atoms with Crippen molar-refractivity contribution in [3.8, 4) is 22.4 Å². The molecule has 2 amide bonds. The van der Waals surface area contributed by atoms with E-state index >= 15 is 0 Å². The Kier molecular flexibility index (Phi) is 5.54. The Morgan fingerprint density at radius 2 is 1.73 bits per heavy atom. The van der Waals surface area contributed by atoms with Crippen LogP contribution in [0.1, 0.15) is 58.3 Å². The fourth-order valence-corrected chi connectivity index (χ4v) is 6.28. The molecule has 4 aromatic heterocycles. The molecule has 7 rings (SSSR count). The highest BCUT2D eigenvalue weighted by molar-refractivity contribution is 5.99. The fraction of sp³-hybridized carbons (Fsp3) is 0.250. The molecule has 2 unspecified atom stereocenters. The Balaban J connectivity index is 1.26. The second-order valence-corrected chi connectivity index (χ2v) is 10.3. The topological polar surface area (TPSA) is 174 Å². The number of aromatic amines is 1. The van der Waals surface area contributed by atoms with Gasteiger partial charge in [0.1, 0.15) is 17.7 Å². The number of anilines is 1. The number of fused-ring (bicyclic) bond motifs is 3. The van der Waals surface area contributed by atoms with Crippen molar-refractivity contribution in [1.29, 1.82) is 0 Å². The maximum Gasteiger partial charge on any atom is 0.291 e. The third-order valence-corrected chi connectivity index (χ3v) is 8.07. The van der Waals surface area contributed by atoms with E-state index in [1.54, 1.807) is 12.4 Å². The average Bonchev–Trinajstić information content (AvgIpc) is 3.71. The lowest BCUT2D eigenvalue weighted by Gasteiger charge is -2.38. The molecule has 1 aromatic carbocycles. The molecule has 40 heavy (non-hydrogen) atoms. The Hall–Kier alpha value is -5.13. The van der Waals surface area contributed by atoms with Gasteiger partial charge in [0.05, 0.1) is 17.6 Å². The first-order chi connectivity index (χ1) is 19.5. The molecular weight excluding hydrogens is 508 g/mol. The molecule has 2 fully saturated rings. The number of carbonyl (C=O) groups excluding carboxylic acids is 2. The Bertz CT molecular complexity index is 1720. The van der Waals surface area contributed by atoms with E-state index < -0.39 is 5.91 Å². The summed E-state index contributed by atoms with van der Waals surface area (Å²) < 4.78 is 1.46. The van der Waals surface area contributed by atoms with Crippen LogP contribution in [-0.4, -0.2) is 63.6 Å². The molecule has 5 aromatic rings. The molecule has 2 aliphatic heterocycles. The number of hydrogen-bond donors (Lipinski definition) is 3. The number of nitrogens with zero attached hydrogens (tertiary/aromatic N) is 7. The third kappa shape index (κ3) is 3.79. The van der Waals surface area contributed by atoms with Gasteiger partial charge in [0.15, 0.2) is 5.65 Å². The summed E-state index contributed by atoms with van der Waals surface area (Å²) in [5.74, 6) is -0.535. The van der Waals surface area contributed by atoms with Gasteiger partial charge in [-0.2, -0.15) is 14.7 Å². The molecule has 2 saturated heterocycles. The largest absolute Gasteiger partial charge is 0.383 e. The third-order valence-electron chi connectivity index (χ3n) is 8.07. The monoisotopic (exact) mass is 534 g/mol. The highest BCUT2D eigenvalue weighted by Gasteiger charge is 2.45. The predicted molar refractivity (Wildman–Crippen MR) is 146 cm³/mol. The van der Waals surface area contributed by atoms with E-state index in [1.807, 2.05) is 47.4 Å². The molecule has 0 aliphatic carbocycles. The molecule has 12 heteroatoms. The molecule has 0 radical (unpaired) electrons. The minimum Gasteiger partial charge on any atom is -0.383 e. The summed E-state index contributed by atoms with van der Waals surface area (Å²) in [7, 11) is 0. The smallest absolute Gasteiger partial charge is 0.291 e. The first-order valence-electron chi connectivity index (χ1n) is 13.2. The number of H-pyrrole nitrogens is 1. The SMILES string of the molecule is NC(=O)c1c(C2CC3CC[C@@H](C2)N3C(=O)c2ncn[nH]2)nc2c(-c3ccc(-c4ccccc4)nc3)cnn2c1N. The van der Waals surface area contributed by atoms with Crippen LogP contribution in [0.4, 0.5) is 5.82 Å². The van der Waals surface area contributed by atoms with Crippen LogP contribution >= 0.6 is 0 Å². The van der Waals surface area contributed by atoms with Gasteiger partial charge < -0.3 is 16.4 Å². The molecule has 0 saturated carbocycles.